The molecule has 1 amide bonds. The van der Waals surface area contributed by atoms with Crippen molar-refractivity contribution in [2.45, 2.75) is 19.9 Å². The second-order valence-corrected chi connectivity index (χ2v) is 8.08. The van der Waals surface area contributed by atoms with Crippen molar-refractivity contribution in [3.05, 3.63) is 71.0 Å². The minimum Gasteiger partial charge on any atom is -0.423 e. The summed E-state index contributed by atoms with van der Waals surface area (Å²) in [6, 6.07) is 12.5. The van der Waals surface area contributed by atoms with Crippen LogP contribution in [0.2, 0.25) is 0 Å². The molecule has 0 saturated carbocycles. The number of anilines is 2. The Morgan fingerprint density at radius 3 is 2.88 bits per heavy atom. The van der Waals surface area contributed by atoms with Crippen molar-refractivity contribution in [1.82, 2.24) is 14.4 Å². The smallest absolute Gasteiger partial charge is 0.423 e. The summed E-state index contributed by atoms with van der Waals surface area (Å²) in [5, 5.41) is 25.6. The summed E-state index contributed by atoms with van der Waals surface area (Å²) in [6.07, 6.45) is 2.65. The zero-order valence-electron chi connectivity index (χ0n) is 18.0. The molecule has 0 spiro atoms. The molecule has 0 fully saturated rings. The van der Waals surface area contributed by atoms with E-state index in [0.717, 1.165) is 41.2 Å². The topological polar surface area (TPSA) is 138 Å². The normalized spacial score (nSPS) is 12.5. The summed E-state index contributed by atoms with van der Waals surface area (Å²) < 4.78 is 1.90. The molecule has 9 nitrogen and oxygen atoms in total. The first-order chi connectivity index (χ1) is 15.9. The average Bonchev–Trinajstić information content (AvgIpc) is 3.40. The van der Waals surface area contributed by atoms with E-state index in [2.05, 4.69) is 10.6 Å². The first-order valence-corrected chi connectivity index (χ1v) is 10.7. The lowest BCUT2D eigenvalue weighted by Gasteiger charge is -2.14. The number of carbonyl (C=O) groups is 1. The molecule has 10 heteroatoms. The maximum absolute atomic E-state index is 11.9. The van der Waals surface area contributed by atoms with Crippen LogP contribution in [0.5, 0.6) is 0 Å². The van der Waals surface area contributed by atoms with Crippen LogP contribution in [0.3, 0.4) is 0 Å². The van der Waals surface area contributed by atoms with Crippen LogP contribution in [0.25, 0.3) is 17.0 Å². The molecule has 5 rings (SSSR count). The zero-order valence-corrected chi connectivity index (χ0v) is 18.0. The minimum absolute atomic E-state index is 0.432. The van der Waals surface area contributed by atoms with Gasteiger partial charge in [0.1, 0.15) is 0 Å². The number of nitrogens with zero attached hydrogens (tertiary/aromatic N) is 3. The number of hydrogen-bond acceptors (Lipinski definition) is 7. The lowest BCUT2D eigenvalue weighted by Crippen LogP contribution is -2.30. The number of amides is 1. The highest BCUT2D eigenvalue weighted by Crippen LogP contribution is 2.33. The van der Waals surface area contributed by atoms with Gasteiger partial charge in [0.05, 0.1) is 28.2 Å². The van der Waals surface area contributed by atoms with E-state index in [4.69, 9.17) is 15.7 Å². The van der Waals surface area contributed by atoms with E-state index in [-0.39, 0.29) is 0 Å². The Morgan fingerprint density at radius 2 is 2.09 bits per heavy atom. The molecule has 6 N–H and O–H groups in total. The summed E-state index contributed by atoms with van der Waals surface area (Å²) in [7, 11) is -1.52. The summed E-state index contributed by atoms with van der Waals surface area (Å²) in [5.41, 5.74) is 11.6. The quantitative estimate of drug-likeness (QED) is 0.282. The van der Waals surface area contributed by atoms with Gasteiger partial charge in [0.15, 0.2) is 11.6 Å². The molecule has 0 atom stereocenters. The van der Waals surface area contributed by atoms with Gasteiger partial charge in [-0.2, -0.15) is 0 Å². The SMILES string of the molecule is Cc1cc2c(C(N)=O)cccn2c1-c1nc2c(c(NCc3cccc(B(O)O)c3)n1)NCC2. The number of primary amides is 1. The number of rotatable bonds is 6. The molecule has 33 heavy (non-hydrogen) atoms. The van der Waals surface area contributed by atoms with Gasteiger partial charge >= 0.3 is 7.12 Å². The third-order valence-electron chi connectivity index (χ3n) is 5.84. The molecule has 1 aliphatic rings. The number of pyridine rings is 1. The van der Waals surface area contributed by atoms with Crippen molar-refractivity contribution in [2.75, 3.05) is 17.2 Å². The number of hydrogen-bond donors (Lipinski definition) is 5. The number of nitrogens with one attached hydrogen (secondary N) is 2. The van der Waals surface area contributed by atoms with Crippen molar-refractivity contribution in [3.63, 3.8) is 0 Å². The number of nitrogens with two attached hydrogens (primary N) is 1. The highest BCUT2D eigenvalue weighted by molar-refractivity contribution is 6.58. The van der Waals surface area contributed by atoms with E-state index < -0.39 is 13.0 Å². The highest BCUT2D eigenvalue weighted by Gasteiger charge is 2.23. The Labute approximate surface area is 190 Å². The minimum atomic E-state index is -1.52. The molecule has 1 aromatic carbocycles. The second kappa shape index (κ2) is 8.23. The van der Waals surface area contributed by atoms with Gasteiger partial charge in [-0.3, -0.25) is 4.79 Å². The monoisotopic (exact) mass is 442 g/mol. The third-order valence-corrected chi connectivity index (χ3v) is 5.84. The summed E-state index contributed by atoms with van der Waals surface area (Å²) in [6.45, 7) is 3.18. The van der Waals surface area contributed by atoms with Gasteiger partial charge in [0.2, 0.25) is 0 Å². The molecule has 4 heterocycles. The predicted octanol–water partition coefficient (Wildman–Crippen LogP) is 1.06. The fourth-order valence-corrected chi connectivity index (χ4v) is 4.28. The van der Waals surface area contributed by atoms with Gasteiger partial charge < -0.3 is 30.8 Å². The van der Waals surface area contributed by atoms with E-state index >= 15 is 0 Å². The fourth-order valence-electron chi connectivity index (χ4n) is 4.28. The van der Waals surface area contributed by atoms with E-state index in [9.17, 15) is 14.8 Å². The lowest BCUT2D eigenvalue weighted by atomic mass is 9.80. The first kappa shape index (κ1) is 21.0. The highest BCUT2D eigenvalue weighted by atomic mass is 16.4. The van der Waals surface area contributed by atoms with E-state index in [1.807, 2.05) is 29.7 Å². The number of carbonyl (C=O) groups excluding carboxylic acids is 1. The molecule has 1 aliphatic heterocycles. The summed E-state index contributed by atoms with van der Waals surface area (Å²) in [4.78, 5) is 21.5. The molecule has 0 unspecified atom stereocenters. The number of benzene rings is 1. The maximum atomic E-state index is 11.9. The third kappa shape index (κ3) is 3.79. The molecule has 0 radical (unpaired) electrons. The van der Waals surface area contributed by atoms with Crippen molar-refractivity contribution >= 4 is 35.5 Å². The van der Waals surface area contributed by atoms with Gasteiger partial charge in [-0.25, -0.2) is 9.97 Å². The van der Waals surface area contributed by atoms with Crippen LogP contribution in [0, 0.1) is 6.92 Å². The molecule has 0 bridgehead atoms. The van der Waals surface area contributed by atoms with E-state index in [1.54, 1.807) is 30.3 Å². The molecule has 0 aliphatic carbocycles. The van der Waals surface area contributed by atoms with Gasteiger partial charge in [-0.05, 0) is 41.7 Å². The predicted molar refractivity (Wildman–Crippen MR) is 127 cm³/mol. The van der Waals surface area contributed by atoms with Crippen LogP contribution in [0.15, 0.2) is 48.7 Å². The van der Waals surface area contributed by atoms with Crippen molar-refractivity contribution in [1.29, 1.82) is 0 Å². The standard InChI is InChI=1S/C23H23BN6O3/c1-13-10-18-16(21(25)31)6-3-9-30(18)20(13)23-28-17-7-8-26-19(17)22(29-23)27-12-14-4-2-5-15(11-14)24(32)33/h2-6,9-11,26,32-33H,7-8,12H2,1H3,(H2,25,31)(H,27,28,29). The molecular weight excluding hydrogens is 419 g/mol. The molecular formula is C23H23BN6O3. The van der Waals surface area contributed by atoms with Crippen LogP contribution in [0.4, 0.5) is 11.5 Å². The molecule has 4 aromatic rings. The second-order valence-electron chi connectivity index (χ2n) is 8.08. The van der Waals surface area contributed by atoms with Crippen molar-refractivity contribution in [3.8, 4) is 11.5 Å². The molecule has 0 saturated heterocycles. The Morgan fingerprint density at radius 1 is 1.24 bits per heavy atom. The zero-order chi connectivity index (χ0) is 23.1. The Hall–Kier alpha value is -3.89. The Balaban J connectivity index is 1.56. The van der Waals surface area contributed by atoms with Crippen LogP contribution < -0.4 is 21.8 Å². The molecule has 3 aromatic heterocycles. The van der Waals surface area contributed by atoms with E-state index in [1.165, 1.54) is 0 Å². The number of aromatic nitrogens is 3. The van der Waals surface area contributed by atoms with Gasteiger partial charge in [-0.1, -0.05) is 24.3 Å². The van der Waals surface area contributed by atoms with Crippen LogP contribution in [-0.2, 0) is 13.0 Å². The van der Waals surface area contributed by atoms with E-state index in [0.29, 0.717) is 34.7 Å². The summed E-state index contributed by atoms with van der Waals surface area (Å²) in [5.74, 6) is 0.739. The van der Waals surface area contributed by atoms with Crippen LogP contribution in [-0.4, -0.2) is 44.0 Å². The first-order valence-electron chi connectivity index (χ1n) is 10.7. The number of fused-ring (bicyclic) bond motifs is 2. The maximum Gasteiger partial charge on any atom is 0.488 e. The van der Waals surface area contributed by atoms with Gasteiger partial charge in [-0.15, -0.1) is 0 Å². The van der Waals surface area contributed by atoms with Crippen LogP contribution >= 0.6 is 0 Å². The Bertz CT molecular complexity index is 1380. The van der Waals surface area contributed by atoms with Crippen molar-refractivity contribution < 1.29 is 14.8 Å². The lowest BCUT2D eigenvalue weighted by molar-refractivity contribution is 0.100. The molecule has 166 valence electrons. The van der Waals surface area contributed by atoms with Gasteiger partial charge in [0, 0.05) is 25.7 Å². The largest absolute Gasteiger partial charge is 0.488 e. The Kier molecular flexibility index (Phi) is 5.23. The van der Waals surface area contributed by atoms with Crippen molar-refractivity contribution in [2.24, 2.45) is 5.73 Å². The van der Waals surface area contributed by atoms with Crippen LogP contribution in [0.1, 0.15) is 27.2 Å². The number of aryl methyl sites for hydroxylation is 1. The average molecular weight is 442 g/mol. The van der Waals surface area contributed by atoms with Gasteiger partial charge in [0.25, 0.3) is 5.91 Å². The fraction of sp³-hybridized carbons (Fsp3) is 0.174. The summed E-state index contributed by atoms with van der Waals surface area (Å²) >= 11 is 0.